The van der Waals surface area contributed by atoms with Crippen LogP contribution in [0.25, 0.3) is 0 Å². The number of aryl methyl sites for hydroxylation is 1. The van der Waals surface area contributed by atoms with Crippen LogP contribution in [0, 0.1) is 6.92 Å². The van der Waals surface area contributed by atoms with Crippen LogP contribution < -0.4 is 15.4 Å². The SMILES string of the molecule is CC1=C(C(=O)Nc2ccccc2C)[C@H](c2cccc(OCc3ccccc3)c2)C2=C(CCCC2=O)N1. The van der Waals surface area contributed by atoms with Gasteiger partial charge in [0.05, 0.1) is 0 Å². The zero-order valence-corrected chi connectivity index (χ0v) is 20.6. The van der Waals surface area contributed by atoms with Crippen molar-refractivity contribution in [3.63, 3.8) is 0 Å². The van der Waals surface area contributed by atoms with E-state index in [9.17, 15) is 9.59 Å². The Hall–Kier alpha value is -4.12. The number of nitrogens with one attached hydrogen (secondary N) is 2. The van der Waals surface area contributed by atoms with Crippen LogP contribution in [-0.2, 0) is 16.2 Å². The molecule has 0 spiro atoms. The fourth-order valence-electron chi connectivity index (χ4n) is 5.05. The summed E-state index contributed by atoms with van der Waals surface area (Å²) in [5.74, 6) is 0.132. The van der Waals surface area contributed by atoms with E-state index in [1.807, 2.05) is 92.7 Å². The number of ether oxygens (including phenoxy) is 1. The number of anilines is 1. The van der Waals surface area contributed by atoms with E-state index < -0.39 is 5.92 Å². The van der Waals surface area contributed by atoms with Gasteiger partial charge in [0.1, 0.15) is 12.4 Å². The van der Waals surface area contributed by atoms with Gasteiger partial charge in [0.25, 0.3) is 5.91 Å². The Labute approximate surface area is 211 Å². The third kappa shape index (κ3) is 4.82. The molecule has 1 aliphatic carbocycles. The van der Waals surface area contributed by atoms with Crippen LogP contribution in [0.1, 0.15) is 48.8 Å². The summed E-state index contributed by atoms with van der Waals surface area (Å²) < 4.78 is 6.09. The Morgan fingerprint density at radius 3 is 2.56 bits per heavy atom. The number of rotatable bonds is 6. The number of allylic oxidation sites excluding steroid dienone is 3. The van der Waals surface area contributed by atoms with Gasteiger partial charge >= 0.3 is 0 Å². The molecule has 1 heterocycles. The van der Waals surface area contributed by atoms with Crippen LogP contribution in [0.5, 0.6) is 5.75 Å². The highest BCUT2D eigenvalue weighted by atomic mass is 16.5. The lowest BCUT2D eigenvalue weighted by atomic mass is 9.75. The van der Waals surface area contributed by atoms with Crippen LogP contribution in [0.4, 0.5) is 5.69 Å². The predicted octanol–water partition coefficient (Wildman–Crippen LogP) is 6.18. The highest BCUT2D eigenvalue weighted by molar-refractivity contribution is 6.10. The lowest BCUT2D eigenvalue weighted by Gasteiger charge is -2.34. The molecule has 3 aromatic carbocycles. The zero-order valence-electron chi connectivity index (χ0n) is 20.6. The number of hydrogen-bond acceptors (Lipinski definition) is 4. The van der Waals surface area contributed by atoms with Crippen molar-refractivity contribution in [2.45, 2.75) is 45.6 Å². The minimum atomic E-state index is -0.460. The topological polar surface area (TPSA) is 67.4 Å². The molecular weight excluding hydrogens is 448 g/mol. The molecule has 3 aromatic rings. The Balaban J connectivity index is 1.51. The maximum absolute atomic E-state index is 13.7. The van der Waals surface area contributed by atoms with Gasteiger partial charge in [-0.2, -0.15) is 0 Å². The standard InChI is InChI=1S/C31H30N2O3/c1-20-10-6-7-15-25(20)33-31(35)28-21(2)32-26-16-9-17-27(34)30(26)29(28)23-13-8-14-24(18-23)36-19-22-11-4-3-5-12-22/h3-8,10-15,18,29,32H,9,16-17,19H2,1-2H3,(H,33,35)/t29-/m0/s1. The van der Waals surface area contributed by atoms with Crippen molar-refractivity contribution in [1.82, 2.24) is 5.32 Å². The summed E-state index contributed by atoms with van der Waals surface area (Å²) in [5, 5.41) is 6.47. The van der Waals surface area contributed by atoms with Crippen LogP contribution in [0.2, 0.25) is 0 Å². The van der Waals surface area contributed by atoms with Crippen molar-refractivity contribution < 1.29 is 14.3 Å². The van der Waals surface area contributed by atoms with E-state index in [1.54, 1.807) is 0 Å². The molecule has 0 fully saturated rings. The number of carbonyl (C=O) groups is 2. The van der Waals surface area contributed by atoms with E-state index in [0.717, 1.165) is 46.6 Å². The molecule has 5 nitrogen and oxygen atoms in total. The highest BCUT2D eigenvalue weighted by Crippen LogP contribution is 2.43. The first-order valence-electron chi connectivity index (χ1n) is 12.4. The second-order valence-corrected chi connectivity index (χ2v) is 9.38. The van der Waals surface area contributed by atoms with Crippen molar-refractivity contribution in [3.8, 4) is 5.75 Å². The van der Waals surface area contributed by atoms with Gasteiger partial charge < -0.3 is 15.4 Å². The van der Waals surface area contributed by atoms with Crippen molar-refractivity contribution in [1.29, 1.82) is 0 Å². The molecule has 5 rings (SSSR count). The van der Waals surface area contributed by atoms with Gasteiger partial charge in [0.15, 0.2) is 5.78 Å². The Morgan fingerprint density at radius 2 is 1.75 bits per heavy atom. The molecule has 2 aliphatic rings. The summed E-state index contributed by atoms with van der Waals surface area (Å²) in [5.41, 5.74) is 6.65. The van der Waals surface area contributed by atoms with Crippen molar-refractivity contribution in [2.75, 3.05) is 5.32 Å². The van der Waals surface area contributed by atoms with Gasteiger partial charge in [-0.15, -0.1) is 0 Å². The molecule has 2 N–H and O–H groups in total. The van der Waals surface area contributed by atoms with Crippen molar-refractivity contribution in [3.05, 3.63) is 118 Å². The van der Waals surface area contributed by atoms with E-state index >= 15 is 0 Å². The van der Waals surface area contributed by atoms with Gasteiger partial charge in [-0.3, -0.25) is 9.59 Å². The third-order valence-corrected chi connectivity index (χ3v) is 6.85. The van der Waals surface area contributed by atoms with E-state index in [0.29, 0.717) is 29.9 Å². The van der Waals surface area contributed by atoms with Crippen LogP contribution >= 0.6 is 0 Å². The lowest BCUT2D eigenvalue weighted by Crippen LogP contribution is -2.35. The normalized spacial score (nSPS) is 17.4. The number of para-hydroxylation sites is 1. The summed E-state index contributed by atoms with van der Waals surface area (Å²) in [6.07, 6.45) is 2.11. The minimum absolute atomic E-state index is 0.0954. The summed E-state index contributed by atoms with van der Waals surface area (Å²) in [6.45, 7) is 4.32. The first-order valence-corrected chi connectivity index (χ1v) is 12.4. The number of hydrogen-bond donors (Lipinski definition) is 2. The number of amides is 1. The quantitative estimate of drug-likeness (QED) is 0.444. The van der Waals surface area contributed by atoms with Gasteiger partial charge in [-0.25, -0.2) is 0 Å². The maximum atomic E-state index is 13.7. The smallest absolute Gasteiger partial charge is 0.254 e. The number of dihydropyridines is 1. The van der Waals surface area contributed by atoms with Crippen molar-refractivity contribution in [2.24, 2.45) is 0 Å². The second kappa shape index (κ2) is 10.2. The molecule has 0 saturated heterocycles. The molecular formula is C31H30N2O3. The van der Waals surface area contributed by atoms with E-state index in [1.165, 1.54) is 0 Å². The van der Waals surface area contributed by atoms with Gasteiger partial charge in [-0.05, 0) is 61.6 Å². The summed E-state index contributed by atoms with van der Waals surface area (Å²) >= 11 is 0. The monoisotopic (exact) mass is 478 g/mol. The van der Waals surface area contributed by atoms with Crippen LogP contribution in [0.15, 0.2) is 101 Å². The summed E-state index contributed by atoms with van der Waals surface area (Å²) in [7, 11) is 0. The first-order chi connectivity index (χ1) is 17.5. The lowest BCUT2D eigenvalue weighted by molar-refractivity contribution is -0.116. The highest BCUT2D eigenvalue weighted by Gasteiger charge is 2.38. The molecule has 0 bridgehead atoms. The molecule has 1 aliphatic heterocycles. The molecule has 0 aromatic heterocycles. The van der Waals surface area contributed by atoms with E-state index in [4.69, 9.17) is 4.74 Å². The minimum Gasteiger partial charge on any atom is -0.489 e. The second-order valence-electron chi connectivity index (χ2n) is 9.38. The van der Waals surface area contributed by atoms with E-state index in [-0.39, 0.29) is 11.7 Å². The summed E-state index contributed by atoms with van der Waals surface area (Å²) in [4.78, 5) is 26.9. The van der Waals surface area contributed by atoms with Gasteiger partial charge in [0, 0.05) is 40.6 Å². The fourth-order valence-corrected chi connectivity index (χ4v) is 5.05. The van der Waals surface area contributed by atoms with Crippen LogP contribution in [-0.4, -0.2) is 11.7 Å². The summed E-state index contributed by atoms with van der Waals surface area (Å²) in [6, 6.07) is 25.5. The zero-order chi connectivity index (χ0) is 25.1. The number of Topliss-reactive ketones (excluding diaryl/α,β-unsaturated/α-hetero) is 1. The number of carbonyl (C=O) groups excluding carboxylic acids is 2. The largest absolute Gasteiger partial charge is 0.489 e. The molecule has 0 unspecified atom stereocenters. The maximum Gasteiger partial charge on any atom is 0.254 e. The molecule has 1 atom stereocenters. The van der Waals surface area contributed by atoms with Crippen molar-refractivity contribution >= 4 is 17.4 Å². The third-order valence-electron chi connectivity index (χ3n) is 6.85. The Bertz CT molecular complexity index is 1370. The fraction of sp³-hybridized carbons (Fsp3) is 0.226. The number of ketones is 1. The van der Waals surface area contributed by atoms with E-state index in [2.05, 4.69) is 10.6 Å². The van der Waals surface area contributed by atoms with Gasteiger partial charge in [0.2, 0.25) is 0 Å². The molecule has 5 heteroatoms. The Morgan fingerprint density at radius 1 is 0.972 bits per heavy atom. The molecule has 1 amide bonds. The predicted molar refractivity (Wildman–Crippen MR) is 141 cm³/mol. The average Bonchev–Trinajstić information content (AvgIpc) is 2.89. The molecule has 36 heavy (non-hydrogen) atoms. The first kappa shape index (κ1) is 23.6. The molecule has 0 saturated carbocycles. The Kier molecular flexibility index (Phi) is 6.72. The molecule has 182 valence electrons. The number of benzene rings is 3. The average molecular weight is 479 g/mol. The van der Waals surface area contributed by atoms with Crippen LogP contribution in [0.3, 0.4) is 0 Å². The molecule has 0 radical (unpaired) electrons. The van der Waals surface area contributed by atoms with Gasteiger partial charge in [-0.1, -0.05) is 60.7 Å².